The molecule has 0 heterocycles. The number of nitrogens with one attached hydrogen (secondary N) is 1. The second kappa shape index (κ2) is 5.67. The largest absolute Gasteiger partial charge is 0.481 e. The molecular weight excluding hydrogens is 242 g/mol. The summed E-state index contributed by atoms with van der Waals surface area (Å²) in [5.74, 6) is -0.918. The molecule has 0 unspecified atom stereocenters. The lowest BCUT2D eigenvalue weighted by Crippen LogP contribution is -2.16. The van der Waals surface area contributed by atoms with E-state index in [-0.39, 0.29) is 12.2 Å². The van der Waals surface area contributed by atoms with Gasteiger partial charge < -0.3 is 5.11 Å². The van der Waals surface area contributed by atoms with E-state index >= 15 is 0 Å². The SMILES string of the molecule is CCS(=O)(=O)Nc1ccccc1CCC(=O)O. The summed E-state index contributed by atoms with van der Waals surface area (Å²) in [5, 5.41) is 8.61. The Morgan fingerprint density at radius 3 is 2.59 bits per heavy atom. The summed E-state index contributed by atoms with van der Waals surface area (Å²) in [5.41, 5.74) is 1.14. The summed E-state index contributed by atoms with van der Waals surface area (Å²) in [7, 11) is -3.33. The molecule has 0 aliphatic heterocycles. The first-order valence-electron chi connectivity index (χ1n) is 5.25. The topological polar surface area (TPSA) is 83.5 Å². The average Bonchev–Trinajstić information content (AvgIpc) is 2.27. The minimum atomic E-state index is -3.33. The molecular formula is C11H15NO4S. The fraction of sp³-hybridized carbons (Fsp3) is 0.364. The van der Waals surface area contributed by atoms with Gasteiger partial charge >= 0.3 is 5.97 Å². The van der Waals surface area contributed by atoms with Crippen molar-refractivity contribution in [3.05, 3.63) is 29.8 Å². The van der Waals surface area contributed by atoms with Gasteiger partial charge in [-0.25, -0.2) is 8.42 Å². The van der Waals surface area contributed by atoms with E-state index in [9.17, 15) is 13.2 Å². The van der Waals surface area contributed by atoms with E-state index in [0.717, 1.165) is 0 Å². The Labute approximate surface area is 101 Å². The summed E-state index contributed by atoms with van der Waals surface area (Å²) >= 11 is 0. The average molecular weight is 257 g/mol. The van der Waals surface area contributed by atoms with Gasteiger partial charge in [-0.05, 0) is 25.0 Å². The van der Waals surface area contributed by atoms with Gasteiger partial charge in [0, 0.05) is 6.42 Å². The van der Waals surface area contributed by atoms with Crippen LogP contribution in [0, 0.1) is 0 Å². The number of benzene rings is 1. The molecule has 6 heteroatoms. The Balaban J connectivity index is 2.88. The Morgan fingerprint density at radius 2 is 2.00 bits per heavy atom. The van der Waals surface area contributed by atoms with Crippen LogP contribution in [0.2, 0.25) is 0 Å². The van der Waals surface area contributed by atoms with Crippen molar-refractivity contribution in [1.29, 1.82) is 0 Å². The maximum Gasteiger partial charge on any atom is 0.303 e. The molecule has 0 spiro atoms. The van der Waals surface area contributed by atoms with Crippen LogP contribution in [0.1, 0.15) is 18.9 Å². The monoisotopic (exact) mass is 257 g/mol. The highest BCUT2D eigenvalue weighted by atomic mass is 32.2. The van der Waals surface area contributed by atoms with Crippen LogP contribution in [0.25, 0.3) is 0 Å². The number of rotatable bonds is 6. The van der Waals surface area contributed by atoms with E-state index in [1.165, 1.54) is 0 Å². The Hall–Kier alpha value is -1.56. The molecule has 0 fully saturated rings. The molecule has 94 valence electrons. The van der Waals surface area contributed by atoms with Gasteiger partial charge in [0.2, 0.25) is 10.0 Å². The van der Waals surface area contributed by atoms with Crippen molar-refractivity contribution < 1.29 is 18.3 Å². The first-order chi connectivity index (χ1) is 7.94. The van der Waals surface area contributed by atoms with Crippen LogP contribution >= 0.6 is 0 Å². The quantitative estimate of drug-likeness (QED) is 0.808. The number of carboxylic acids is 1. The van der Waals surface area contributed by atoms with Crippen LogP contribution < -0.4 is 4.72 Å². The molecule has 1 aromatic rings. The van der Waals surface area contributed by atoms with Crippen LogP contribution in [0.5, 0.6) is 0 Å². The molecule has 5 nitrogen and oxygen atoms in total. The van der Waals surface area contributed by atoms with E-state index in [4.69, 9.17) is 5.11 Å². The number of hydrogen-bond acceptors (Lipinski definition) is 3. The molecule has 2 N–H and O–H groups in total. The lowest BCUT2D eigenvalue weighted by Gasteiger charge is -2.10. The molecule has 0 atom stereocenters. The highest BCUT2D eigenvalue weighted by Crippen LogP contribution is 2.18. The van der Waals surface area contributed by atoms with Crippen LogP contribution in [-0.4, -0.2) is 25.2 Å². The van der Waals surface area contributed by atoms with Crippen molar-refractivity contribution in [2.24, 2.45) is 0 Å². The maximum atomic E-state index is 11.4. The standard InChI is InChI=1S/C11H15NO4S/c1-2-17(15,16)12-10-6-4-3-5-9(10)7-8-11(13)14/h3-6,12H,2,7-8H2,1H3,(H,13,14). The number of carboxylic acid groups (broad SMARTS) is 1. The summed E-state index contributed by atoms with van der Waals surface area (Å²) in [6, 6.07) is 6.81. The van der Waals surface area contributed by atoms with Crippen molar-refractivity contribution in [1.82, 2.24) is 0 Å². The Kier molecular flexibility index (Phi) is 4.51. The van der Waals surface area contributed by atoms with Crippen LogP contribution in [0.3, 0.4) is 0 Å². The second-order valence-corrected chi connectivity index (χ2v) is 5.57. The van der Waals surface area contributed by atoms with Crippen molar-refractivity contribution in [3.8, 4) is 0 Å². The number of sulfonamides is 1. The van der Waals surface area contributed by atoms with Gasteiger partial charge in [-0.15, -0.1) is 0 Å². The lowest BCUT2D eigenvalue weighted by molar-refractivity contribution is -0.136. The molecule has 0 saturated heterocycles. The van der Waals surface area contributed by atoms with Crippen molar-refractivity contribution in [2.45, 2.75) is 19.8 Å². The normalized spacial score (nSPS) is 11.1. The van der Waals surface area contributed by atoms with Crippen LogP contribution in [0.15, 0.2) is 24.3 Å². The van der Waals surface area contributed by atoms with Gasteiger partial charge in [-0.3, -0.25) is 9.52 Å². The molecule has 0 bridgehead atoms. The second-order valence-electron chi connectivity index (χ2n) is 3.56. The Morgan fingerprint density at radius 1 is 1.35 bits per heavy atom. The molecule has 0 saturated carbocycles. The molecule has 1 rings (SSSR count). The third kappa shape index (κ3) is 4.44. The zero-order valence-electron chi connectivity index (χ0n) is 9.51. The van der Waals surface area contributed by atoms with Gasteiger partial charge in [-0.2, -0.15) is 0 Å². The lowest BCUT2D eigenvalue weighted by atomic mass is 10.1. The van der Waals surface area contributed by atoms with Gasteiger partial charge in [-0.1, -0.05) is 18.2 Å². The third-order valence-electron chi connectivity index (χ3n) is 2.27. The van der Waals surface area contributed by atoms with E-state index in [1.807, 2.05) is 0 Å². The highest BCUT2D eigenvalue weighted by Gasteiger charge is 2.10. The van der Waals surface area contributed by atoms with Gasteiger partial charge in [0.1, 0.15) is 0 Å². The van der Waals surface area contributed by atoms with Crippen molar-refractivity contribution >= 4 is 21.7 Å². The van der Waals surface area contributed by atoms with Gasteiger partial charge in [0.25, 0.3) is 0 Å². The maximum absolute atomic E-state index is 11.4. The smallest absolute Gasteiger partial charge is 0.303 e. The third-order valence-corrected chi connectivity index (χ3v) is 3.56. The van der Waals surface area contributed by atoms with Gasteiger partial charge in [0.05, 0.1) is 11.4 Å². The highest BCUT2D eigenvalue weighted by molar-refractivity contribution is 7.92. The van der Waals surface area contributed by atoms with Crippen molar-refractivity contribution in [2.75, 3.05) is 10.5 Å². The predicted molar refractivity (Wildman–Crippen MR) is 65.5 cm³/mol. The predicted octanol–water partition coefficient (Wildman–Crippen LogP) is 1.47. The fourth-order valence-electron chi connectivity index (χ4n) is 1.32. The van der Waals surface area contributed by atoms with E-state index < -0.39 is 16.0 Å². The summed E-state index contributed by atoms with van der Waals surface area (Å²) < 4.78 is 25.3. The molecule has 0 aromatic heterocycles. The molecule has 0 radical (unpaired) electrons. The summed E-state index contributed by atoms with van der Waals surface area (Å²) in [4.78, 5) is 10.5. The molecule has 1 aromatic carbocycles. The molecule has 17 heavy (non-hydrogen) atoms. The fourth-order valence-corrected chi connectivity index (χ4v) is 2.00. The van der Waals surface area contributed by atoms with E-state index in [0.29, 0.717) is 17.7 Å². The zero-order valence-corrected chi connectivity index (χ0v) is 10.3. The number of hydrogen-bond donors (Lipinski definition) is 2. The van der Waals surface area contributed by atoms with Crippen LogP contribution in [-0.2, 0) is 21.2 Å². The minimum Gasteiger partial charge on any atom is -0.481 e. The van der Waals surface area contributed by atoms with Crippen molar-refractivity contribution in [3.63, 3.8) is 0 Å². The number of aliphatic carboxylic acids is 1. The van der Waals surface area contributed by atoms with E-state index in [1.54, 1.807) is 31.2 Å². The number of para-hydroxylation sites is 1. The zero-order chi connectivity index (χ0) is 12.9. The summed E-state index contributed by atoms with van der Waals surface area (Å²) in [6.07, 6.45) is 0.280. The first-order valence-corrected chi connectivity index (χ1v) is 6.90. The Bertz CT molecular complexity index is 496. The minimum absolute atomic E-state index is 0.0136. The van der Waals surface area contributed by atoms with Crippen LogP contribution in [0.4, 0.5) is 5.69 Å². The van der Waals surface area contributed by atoms with E-state index in [2.05, 4.69) is 4.72 Å². The summed E-state index contributed by atoms with van der Waals surface area (Å²) in [6.45, 7) is 1.54. The molecule has 0 amide bonds. The number of aryl methyl sites for hydroxylation is 1. The molecule has 0 aliphatic rings. The van der Waals surface area contributed by atoms with Gasteiger partial charge in [0.15, 0.2) is 0 Å². The molecule has 0 aliphatic carbocycles. The first kappa shape index (κ1) is 13.5. The number of anilines is 1. The number of carbonyl (C=O) groups is 1.